The Hall–Kier alpha value is -1.53. The van der Waals surface area contributed by atoms with Gasteiger partial charge in [0.1, 0.15) is 18.9 Å². The third-order valence-electron chi connectivity index (χ3n) is 4.35. The summed E-state index contributed by atoms with van der Waals surface area (Å²) in [7, 11) is 0. The van der Waals surface area contributed by atoms with E-state index in [0.29, 0.717) is 6.61 Å². The Labute approximate surface area is 156 Å². The molecule has 6 heteroatoms. The van der Waals surface area contributed by atoms with Gasteiger partial charge >= 0.3 is 0 Å². The van der Waals surface area contributed by atoms with E-state index in [1.165, 1.54) is 0 Å². The molecule has 3 rings (SSSR count). The van der Waals surface area contributed by atoms with Crippen molar-refractivity contribution >= 4 is 11.6 Å². The molecular formula is C20H21ClF2O3. The van der Waals surface area contributed by atoms with Crippen molar-refractivity contribution < 1.29 is 23.0 Å². The lowest BCUT2D eigenvalue weighted by atomic mass is 9.99. The highest BCUT2D eigenvalue weighted by Crippen LogP contribution is 2.40. The Bertz CT molecular complexity index is 673. The van der Waals surface area contributed by atoms with Crippen LogP contribution in [0.3, 0.4) is 0 Å². The average molecular weight is 383 g/mol. The van der Waals surface area contributed by atoms with E-state index >= 15 is 0 Å². The van der Waals surface area contributed by atoms with E-state index in [1.807, 2.05) is 60.7 Å². The number of alkyl halides is 3. The van der Waals surface area contributed by atoms with Gasteiger partial charge in [0.2, 0.25) is 5.67 Å². The minimum absolute atomic E-state index is 0.0588. The van der Waals surface area contributed by atoms with Gasteiger partial charge in [0.15, 0.2) is 5.56 Å². The van der Waals surface area contributed by atoms with E-state index in [1.54, 1.807) is 0 Å². The molecule has 0 unspecified atom stereocenters. The van der Waals surface area contributed by atoms with Gasteiger partial charge in [0.05, 0.1) is 19.8 Å². The van der Waals surface area contributed by atoms with Crippen LogP contribution in [0.15, 0.2) is 60.7 Å². The van der Waals surface area contributed by atoms with Gasteiger partial charge in [-0.25, -0.2) is 8.78 Å². The Kier molecular flexibility index (Phi) is 6.59. The van der Waals surface area contributed by atoms with Crippen molar-refractivity contribution in [3.8, 4) is 0 Å². The van der Waals surface area contributed by atoms with Gasteiger partial charge in [-0.15, -0.1) is 0 Å². The van der Waals surface area contributed by atoms with E-state index in [2.05, 4.69) is 0 Å². The van der Waals surface area contributed by atoms with Crippen molar-refractivity contribution in [2.75, 3.05) is 13.3 Å². The van der Waals surface area contributed by atoms with Gasteiger partial charge in [0, 0.05) is 0 Å². The van der Waals surface area contributed by atoms with Gasteiger partial charge < -0.3 is 14.2 Å². The molecule has 0 bridgehead atoms. The second-order valence-corrected chi connectivity index (χ2v) is 6.67. The monoisotopic (exact) mass is 382 g/mol. The van der Waals surface area contributed by atoms with Gasteiger partial charge in [-0.05, 0) is 11.1 Å². The first-order chi connectivity index (χ1) is 12.6. The lowest BCUT2D eigenvalue weighted by Gasteiger charge is -2.27. The van der Waals surface area contributed by atoms with Crippen molar-refractivity contribution in [1.29, 1.82) is 0 Å². The first-order valence-corrected chi connectivity index (χ1v) is 8.88. The predicted molar refractivity (Wildman–Crippen MR) is 95.4 cm³/mol. The summed E-state index contributed by atoms with van der Waals surface area (Å²) >= 11 is 5.91. The number of benzene rings is 2. The molecule has 0 aliphatic carbocycles. The predicted octanol–water partition coefficient (Wildman–Crippen LogP) is 4.43. The quantitative estimate of drug-likeness (QED) is 0.632. The van der Waals surface area contributed by atoms with Gasteiger partial charge in [-0.2, -0.15) is 0 Å². The minimum atomic E-state index is -2.41. The third-order valence-corrected chi connectivity index (χ3v) is 4.82. The number of ether oxygens (including phenoxy) is 3. The molecule has 0 aromatic heterocycles. The van der Waals surface area contributed by atoms with Crippen molar-refractivity contribution in [3.63, 3.8) is 0 Å². The van der Waals surface area contributed by atoms with Crippen molar-refractivity contribution in [2.45, 2.75) is 36.7 Å². The zero-order valence-electron chi connectivity index (χ0n) is 14.2. The summed E-state index contributed by atoms with van der Waals surface area (Å²) in [4.78, 5) is 0. The highest BCUT2D eigenvalue weighted by atomic mass is 35.5. The third kappa shape index (κ3) is 4.41. The lowest BCUT2D eigenvalue weighted by molar-refractivity contribution is -0.0870. The Morgan fingerprint density at radius 2 is 1.54 bits per heavy atom. The summed E-state index contributed by atoms with van der Waals surface area (Å²) in [6.07, 6.45) is -1.93. The SMILES string of the molecule is FC[C@]1(F)[C@H](Cl)O[C@H](COCc2ccccc2)[C@@H]1OCc1ccccc1. The van der Waals surface area contributed by atoms with Gasteiger partial charge in [0.25, 0.3) is 0 Å². The first-order valence-electron chi connectivity index (χ1n) is 8.45. The summed E-state index contributed by atoms with van der Waals surface area (Å²) in [5, 5.41) is 0. The van der Waals surface area contributed by atoms with Crippen LogP contribution in [0, 0.1) is 0 Å². The summed E-state index contributed by atoms with van der Waals surface area (Å²) in [5.41, 5.74) is -1.99. The molecule has 1 aliphatic heterocycles. The molecule has 3 nitrogen and oxygen atoms in total. The normalized spacial score (nSPS) is 28.3. The van der Waals surface area contributed by atoms with Crippen LogP contribution in [0.25, 0.3) is 0 Å². The Balaban J connectivity index is 1.62. The highest BCUT2D eigenvalue weighted by molar-refractivity contribution is 6.20. The number of hydrogen-bond donors (Lipinski definition) is 0. The second kappa shape index (κ2) is 8.91. The molecule has 140 valence electrons. The van der Waals surface area contributed by atoms with Crippen molar-refractivity contribution in [2.24, 2.45) is 0 Å². The summed E-state index contributed by atoms with van der Waals surface area (Å²) in [6, 6.07) is 18.8. The molecule has 1 saturated heterocycles. The molecule has 1 fully saturated rings. The molecule has 4 atom stereocenters. The maximum absolute atomic E-state index is 15.0. The van der Waals surface area contributed by atoms with E-state index in [9.17, 15) is 8.78 Å². The van der Waals surface area contributed by atoms with Crippen molar-refractivity contribution in [1.82, 2.24) is 0 Å². The van der Waals surface area contributed by atoms with Gasteiger partial charge in [-0.1, -0.05) is 72.3 Å². The molecule has 26 heavy (non-hydrogen) atoms. The first kappa shape index (κ1) is 19.2. The Morgan fingerprint density at radius 1 is 0.962 bits per heavy atom. The molecular weight excluding hydrogens is 362 g/mol. The molecule has 2 aromatic rings. The van der Waals surface area contributed by atoms with E-state index in [-0.39, 0.29) is 13.2 Å². The molecule has 0 N–H and O–H groups in total. The lowest BCUT2D eigenvalue weighted by Crippen LogP contribution is -2.47. The fraction of sp³-hybridized carbons (Fsp3) is 0.400. The molecule has 0 amide bonds. The summed E-state index contributed by atoms with van der Waals surface area (Å²) < 4.78 is 45.1. The topological polar surface area (TPSA) is 27.7 Å². The zero-order chi connectivity index (χ0) is 18.4. The second-order valence-electron chi connectivity index (χ2n) is 6.27. The van der Waals surface area contributed by atoms with Crippen LogP contribution in [0.4, 0.5) is 8.78 Å². The molecule has 2 aromatic carbocycles. The summed E-state index contributed by atoms with van der Waals surface area (Å²) in [6.45, 7) is -0.744. The van der Waals surface area contributed by atoms with Crippen LogP contribution < -0.4 is 0 Å². The van der Waals surface area contributed by atoms with E-state index in [0.717, 1.165) is 11.1 Å². The number of hydrogen-bond acceptors (Lipinski definition) is 3. The fourth-order valence-corrected chi connectivity index (χ4v) is 3.23. The minimum Gasteiger partial charge on any atom is -0.374 e. The van der Waals surface area contributed by atoms with E-state index in [4.69, 9.17) is 25.8 Å². The maximum atomic E-state index is 15.0. The molecule has 0 saturated carbocycles. The van der Waals surface area contributed by atoms with Crippen LogP contribution in [-0.4, -0.2) is 36.7 Å². The van der Waals surface area contributed by atoms with Gasteiger partial charge in [-0.3, -0.25) is 0 Å². The van der Waals surface area contributed by atoms with Crippen LogP contribution >= 0.6 is 11.6 Å². The molecule has 1 heterocycles. The van der Waals surface area contributed by atoms with E-state index < -0.39 is 30.1 Å². The number of rotatable bonds is 8. The fourth-order valence-electron chi connectivity index (χ4n) is 2.91. The van der Waals surface area contributed by atoms with Crippen LogP contribution in [0.5, 0.6) is 0 Å². The molecule has 0 radical (unpaired) electrons. The summed E-state index contributed by atoms with van der Waals surface area (Å²) in [5.74, 6) is 0. The zero-order valence-corrected chi connectivity index (χ0v) is 14.9. The van der Waals surface area contributed by atoms with Crippen LogP contribution in [0.2, 0.25) is 0 Å². The average Bonchev–Trinajstić information content (AvgIpc) is 2.92. The van der Waals surface area contributed by atoms with Crippen LogP contribution in [-0.2, 0) is 27.4 Å². The van der Waals surface area contributed by atoms with Crippen molar-refractivity contribution in [3.05, 3.63) is 71.8 Å². The standard InChI is InChI=1S/C20H21ClF2O3/c21-19-20(23,14-22)18(25-12-16-9-5-2-6-10-16)17(26-19)13-24-11-15-7-3-1-4-8-15/h1-10,17-19H,11-14H2/t17-,18+,19-,20-/m1/s1. The van der Waals surface area contributed by atoms with Crippen LogP contribution in [0.1, 0.15) is 11.1 Å². The number of halogens is 3. The molecule has 0 spiro atoms. The maximum Gasteiger partial charge on any atom is 0.207 e. The largest absolute Gasteiger partial charge is 0.374 e. The molecule has 1 aliphatic rings. The smallest absolute Gasteiger partial charge is 0.207 e. The highest BCUT2D eigenvalue weighted by Gasteiger charge is 2.58. The Morgan fingerprint density at radius 3 is 2.12 bits per heavy atom.